The molecule has 0 amide bonds. The van der Waals surface area contributed by atoms with E-state index >= 15 is 0 Å². The Morgan fingerprint density at radius 1 is 1.50 bits per heavy atom. The Balaban J connectivity index is 3.73. The number of rotatable bonds is 3. The minimum Gasteiger partial charge on any atom is -0.745 e. The zero-order valence-electron chi connectivity index (χ0n) is 6.64. The third-order valence-corrected chi connectivity index (χ3v) is 1.06. The standard InChI is InChI=1S/C5H10O6S/c1-4(2)11-5(6)10-3-12(7,8)9/h4H,3H2,1-2H3,(H,7,8,9)/p-1. The average molecular weight is 197 g/mol. The number of hydrogen-bond donors (Lipinski definition) is 0. The second-order valence-electron chi connectivity index (χ2n) is 2.24. The number of hydrogen-bond acceptors (Lipinski definition) is 6. The largest absolute Gasteiger partial charge is 0.745 e. The van der Waals surface area contributed by atoms with Crippen molar-refractivity contribution in [2.24, 2.45) is 0 Å². The molecule has 0 saturated carbocycles. The Morgan fingerprint density at radius 3 is 2.33 bits per heavy atom. The Morgan fingerprint density at radius 2 is 2.00 bits per heavy atom. The van der Waals surface area contributed by atoms with Crippen LogP contribution in [0.4, 0.5) is 4.79 Å². The number of ether oxygens (including phenoxy) is 2. The van der Waals surface area contributed by atoms with Gasteiger partial charge in [-0.25, -0.2) is 13.2 Å². The van der Waals surface area contributed by atoms with Gasteiger partial charge in [-0.2, -0.15) is 0 Å². The second kappa shape index (κ2) is 4.27. The van der Waals surface area contributed by atoms with Crippen LogP contribution < -0.4 is 0 Å². The van der Waals surface area contributed by atoms with E-state index in [1.807, 2.05) is 0 Å². The molecule has 0 aromatic heterocycles. The Kier molecular flexibility index (Phi) is 3.98. The Bertz CT molecular complexity index is 241. The molecule has 0 rings (SSSR count). The Hall–Kier alpha value is -0.820. The second-order valence-corrected chi connectivity index (χ2v) is 3.59. The zero-order chi connectivity index (χ0) is 9.78. The summed E-state index contributed by atoms with van der Waals surface area (Å²) in [5.41, 5.74) is 0. The van der Waals surface area contributed by atoms with Gasteiger partial charge in [0, 0.05) is 0 Å². The molecule has 0 spiro atoms. The van der Waals surface area contributed by atoms with Gasteiger partial charge in [0.2, 0.25) is 0 Å². The lowest BCUT2D eigenvalue weighted by molar-refractivity contribution is 0.0437. The molecule has 0 N–H and O–H groups in total. The van der Waals surface area contributed by atoms with Crippen LogP contribution >= 0.6 is 0 Å². The SMILES string of the molecule is CC(C)OC(=O)OCS(=O)(=O)[O-]. The number of carbonyl (C=O) groups is 1. The smallest absolute Gasteiger partial charge is 0.509 e. The summed E-state index contributed by atoms with van der Waals surface area (Å²) in [6.07, 6.45) is -1.57. The molecule has 0 aromatic carbocycles. The summed E-state index contributed by atoms with van der Waals surface area (Å²) in [4.78, 5) is 10.5. The van der Waals surface area contributed by atoms with Crippen LogP contribution in [0, 0.1) is 0 Å². The maximum Gasteiger partial charge on any atom is 0.509 e. The lowest BCUT2D eigenvalue weighted by Gasteiger charge is -2.09. The lowest BCUT2D eigenvalue weighted by Crippen LogP contribution is -2.17. The van der Waals surface area contributed by atoms with E-state index in [0.29, 0.717) is 0 Å². The van der Waals surface area contributed by atoms with E-state index in [4.69, 9.17) is 0 Å². The maximum atomic E-state index is 10.5. The molecule has 0 aromatic rings. The predicted molar refractivity (Wildman–Crippen MR) is 37.3 cm³/mol. The van der Waals surface area contributed by atoms with Gasteiger partial charge in [0.25, 0.3) is 0 Å². The summed E-state index contributed by atoms with van der Waals surface area (Å²) < 4.78 is 38.1. The fourth-order valence-corrected chi connectivity index (χ4v) is 0.587. The molecule has 0 atom stereocenters. The van der Waals surface area contributed by atoms with Crippen LogP contribution in [-0.4, -0.2) is 31.2 Å². The van der Waals surface area contributed by atoms with Crippen molar-refractivity contribution in [3.05, 3.63) is 0 Å². The van der Waals surface area contributed by atoms with Crippen molar-refractivity contribution in [2.75, 3.05) is 5.94 Å². The Labute approximate surface area is 70.2 Å². The van der Waals surface area contributed by atoms with Crippen LogP contribution in [0.1, 0.15) is 13.8 Å². The van der Waals surface area contributed by atoms with E-state index in [1.54, 1.807) is 13.8 Å². The van der Waals surface area contributed by atoms with Crippen LogP contribution in [0.25, 0.3) is 0 Å². The fourth-order valence-electron chi connectivity index (χ4n) is 0.347. The van der Waals surface area contributed by atoms with Crippen molar-refractivity contribution in [3.8, 4) is 0 Å². The molecule has 0 aliphatic heterocycles. The fraction of sp³-hybridized carbons (Fsp3) is 0.800. The molecular weight excluding hydrogens is 188 g/mol. The molecule has 12 heavy (non-hydrogen) atoms. The van der Waals surface area contributed by atoms with Gasteiger partial charge < -0.3 is 14.0 Å². The van der Waals surface area contributed by atoms with Crippen molar-refractivity contribution in [1.82, 2.24) is 0 Å². The van der Waals surface area contributed by atoms with Crippen molar-refractivity contribution >= 4 is 16.3 Å². The van der Waals surface area contributed by atoms with Gasteiger partial charge in [-0.3, -0.25) is 0 Å². The van der Waals surface area contributed by atoms with E-state index in [9.17, 15) is 17.8 Å². The molecule has 0 saturated heterocycles. The zero-order valence-corrected chi connectivity index (χ0v) is 7.46. The van der Waals surface area contributed by atoms with Crippen LogP contribution in [0.15, 0.2) is 0 Å². The van der Waals surface area contributed by atoms with Gasteiger partial charge in [-0.1, -0.05) is 0 Å². The van der Waals surface area contributed by atoms with Crippen molar-refractivity contribution in [3.63, 3.8) is 0 Å². The van der Waals surface area contributed by atoms with Gasteiger partial charge in [-0.15, -0.1) is 0 Å². The van der Waals surface area contributed by atoms with E-state index in [1.165, 1.54) is 0 Å². The van der Waals surface area contributed by atoms with Crippen molar-refractivity contribution in [2.45, 2.75) is 20.0 Å². The van der Waals surface area contributed by atoms with Gasteiger partial charge in [0.15, 0.2) is 5.94 Å². The summed E-state index contributed by atoms with van der Waals surface area (Å²) in [6.45, 7) is 3.12. The molecule has 6 nitrogen and oxygen atoms in total. The number of carbonyl (C=O) groups excluding carboxylic acids is 1. The summed E-state index contributed by atoms with van der Waals surface area (Å²) >= 11 is 0. The minimum absolute atomic E-state index is 0.410. The summed E-state index contributed by atoms with van der Waals surface area (Å²) in [7, 11) is -4.53. The van der Waals surface area contributed by atoms with Crippen LogP contribution in [0.3, 0.4) is 0 Å². The molecule has 0 aliphatic carbocycles. The normalized spacial score (nSPS) is 11.3. The first-order valence-corrected chi connectivity index (χ1v) is 4.66. The molecule has 0 fully saturated rings. The van der Waals surface area contributed by atoms with Gasteiger partial charge in [0.05, 0.1) is 6.10 Å². The van der Waals surface area contributed by atoms with Crippen LogP contribution in [0.2, 0.25) is 0 Å². The summed E-state index contributed by atoms with van der Waals surface area (Å²) in [6, 6.07) is 0. The first kappa shape index (κ1) is 11.2. The van der Waals surface area contributed by atoms with Crippen molar-refractivity contribution in [1.29, 1.82) is 0 Å². The lowest BCUT2D eigenvalue weighted by atomic mass is 10.5. The quantitative estimate of drug-likeness (QED) is 0.468. The molecule has 0 bridgehead atoms. The molecule has 0 heterocycles. The van der Waals surface area contributed by atoms with E-state index in [-0.39, 0.29) is 0 Å². The highest BCUT2D eigenvalue weighted by atomic mass is 32.2. The molecule has 0 unspecified atom stereocenters. The highest BCUT2D eigenvalue weighted by Gasteiger charge is 2.07. The summed E-state index contributed by atoms with van der Waals surface area (Å²) in [5, 5.41) is 0. The van der Waals surface area contributed by atoms with Gasteiger partial charge in [-0.05, 0) is 13.8 Å². The monoisotopic (exact) mass is 197 g/mol. The summed E-state index contributed by atoms with van der Waals surface area (Å²) in [5.74, 6) is -1.20. The molecule has 0 radical (unpaired) electrons. The van der Waals surface area contributed by atoms with Crippen molar-refractivity contribution < 1.29 is 27.2 Å². The third kappa shape index (κ3) is 7.29. The van der Waals surface area contributed by atoms with Crippen LogP contribution in [-0.2, 0) is 19.6 Å². The van der Waals surface area contributed by atoms with Gasteiger partial charge >= 0.3 is 6.16 Å². The van der Waals surface area contributed by atoms with E-state index < -0.39 is 28.3 Å². The molecular formula is C5H9O6S-. The highest BCUT2D eigenvalue weighted by Crippen LogP contribution is 1.94. The third-order valence-electron chi connectivity index (χ3n) is 0.653. The predicted octanol–water partition coefficient (Wildman–Crippen LogP) is 0.0507. The average Bonchev–Trinajstić information content (AvgIpc) is 1.80. The molecule has 0 aliphatic rings. The highest BCUT2D eigenvalue weighted by molar-refractivity contribution is 7.85. The first-order chi connectivity index (χ1) is 5.31. The van der Waals surface area contributed by atoms with E-state index in [2.05, 4.69) is 9.47 Å². The van der Waals surface area contributed by atoms with E-state index in [0.717, 1.165) is 0 Å². The topological polar surface area (TPSA) is 92.7 Å². The molecule has 7 heteroatoms. The van der Waals surface area contributed by atoms with Gasteiger partial charge in [0.1, 0.15) is 10.1 Å². The molecule has 72 valence electrons. The minimum atomic E-state index is -4.53. The first-order valence-electron chi connectivity index (χ1n) is 3.08. The van der Waals surface area contributed by atoms with Crippen LogP contribution in [0.5, 0.6) is 0 Å². The maximum absolute atomic E-state index is 10.5.